The molecule has 0 saturated carbocycles. The maximum absolute atomic E-state index is 3.54. The zero-order valence-corrected chi connectivity index (χ0v) is 13.3. The summed E-state index contributed by atoms with van der Waals surface area (Å²) < 4.78 is 1.36. The fourth-order valence-corrected chi connectivity index (χ4v) is 3.47. The Morgan fingerprint density at radius 3 is 2.76 bits per heavy atom. The van der Waals surface area contributed by atoms with Crippen LogP contribution in [0.4, 0.5) is 5.69 Å². The average Bonchev–Trinajstić information content (AvgIpc) is 2.88. The number of hydrogen-bond acceptors (Lipinski definition) is 3. The lowest BCUT2D eigenvalue weighted by atomic mass is 10.1. The fourth-order valence-electron chi connectivity index (χ4n) is 2.51. The van der Waals surface area contributed by atoms with Crippen molar-refractivity contribution < 1.29 is 0 Å². The highest BCUT2D eigenvalue weighted by molar-refractivity contribution is 7.17. The predicted octanol–water partition coefficient (Wildman–Crippen LogP) is 4.58. The number of nitrogens with zero attached hydrogens (tertiary/aromatic N) is 1. The number of nitrogens with one attached hydrogen (secondary N) is 1. The Hall–Kier alpha value is -1.84. The van der Waals surface area contributed by atoms with Crippen molar-refractivity contribution in [2.45, 2.75) is 13.1 Å². The molecule has 0 bridgehead atoms. The zero-order valence-electron chi connectivity index (χ0n) is 12.5. The molecular weight excluding hydrogens is 276 g/mol. The fraction of sp³-hybridized carbons (Fsp3) is 0.222. The number of rotatable bonds is 5. The second-order valence-corrected chi connectivity index (χ2v) is 6.46. The molecule has 0 aliphatic carbocycles. The van der Waals surface area contributed by atoms with Gasteiger partial charge in [-0.05, 0) is 54.2 Å². The summed E-state index contributed by atoms with van der Waals surface area (Å²) in [5.74, 6) is 0. The highest BCUT2D eigenvalue weighted by atomic mass is 32.1. The van der Waals surface area contributed by atoms with E-state index in [0.29, 0.717) is 0 Å². The summed E-state index contributed by atoms with van der Waals surface area (Å²) in [6.45, 7) is 1.84. The Kier molecular flexibility index (Phi) is 4.23. The standard InChI is InChI=1S/C18H20N2S/c1-20(2)12-14-6-5-7-16(10-14)19-11-15-13-21-18-9-4-3-8-17(15)18/h3-10,13,19H,11-12H2,1-2H3. The second-order valence-electron chi connectivity index (χ2n) is 5.55. The van der Waals surface area contributed by atoms with E-state index in [0.717, 1.165) is 13.1 Å². The Bertz CT molecular complexity index is 731. The van der Waals surface area contributed by atoms with Gasteiger partial charge in [-0.1, -0.05) is 30.3 Å². The highest BCUT2D eigenvalue weighted by Gasteiger charge is 2.03. The molecule has 108 valence electrons. The maximum atomic E-state index is 3.54. The van der Waals surface area contributed by atoms with Gasteiger partial charge in [-0.3, -0.25) is 0 Å². The van der Waals surface area contributed by atoms with Gasteiger partial charge in [-0.25, -0.2) is 0 Å². The quantitative estimate of drug-likeness (QED) is 0.741. The molecule has 21 heavy (non-hydrogen) atoms. The summed E-state index contributed by atoms with van der Waals surface area (Å²) >= 11 is 1.81. The van der Waals surface area contributed by atoms with Crippen LogP contribution in [0.2, 0.25) is 0 Å². The van der Waals surface area contributed by atoms with Gasteiger partial charge in [0.15, 0.2) is 0 Å². The molecule has 0 spiro atoms. The Morgan fingerprint density at radius 2 is 1.90 bits per heavy atom. The van der Waals surface area contributed by atoms with Gasteiger partial charge in [0.25, 0.3) is 0 Å². The third-order valence-corrected chi connectivity index (χ3v) is 4.48. The van der Waals surface area contributed by atoms with Crippen LogP contribution in [0, 0.1) is 0 Å². The molecule has 2 aromatic carbocycles. The van der Waals surface area contributed by atoms with E-state index in [9.17, 15) is 0 Å². The normalized spacial score (nSPS) is 11.2. The van der Waals surface area contributed by atoms with Crippen molar-refractivity contribution in [3.8, 4) is 0 Å². The minimum absolute atomic E-state index is 0.870. The van der Waals surface area contributed by atoms with Crippen LogP contribution >= 0.6 is 11.3 Å². The molecule has 1 heterocycles. The van der Waals surface area contributed by atoms with Crippen LogP contribution in [-0.2, 0) is 13.1 Å². The lowest BCUT2D eigenvalue weighted by molar-refractivity contribution is 0.402. The topological polar surface area (TPSA) is 15.3 Å². The van der Waals surface area contributed by atoms with E-state index in [-0.39, 0.29) is 0 Å². The first kappa shape index (κ1) is 14.1. The third-order valence-electron chi connectivity index (χ3n) is 3.47. The monoisotopic (exact) mass is 296 g/mol. The maximum Gasteiger partial charge on any atom is 0.0415 e. The predicted molar refractivity (Wildman–Crippen MR) is 93.0 cm³/mol. The highest BCUT2D eigenvalue weighted by Crippen LogP contribution is 2.26. The van der Waals surface area contributed by atoms with Crippen LogP contribution in [0.3, 0.4) is 0 Å². The van der Waals surface area contributed by atoms with E-state index in [1.807, 2.05) is 11.3 Å². The van der Waals surface area contributed by atoms with Crippen molar-refractivity contribution in [1.82, 2.24) is 4.90 Å². The van der Waals surface area contributed by atoms with E-state index in [1.165, 1.54) is 26.9 Å². The third kappa shape index (κ3) is 3.43. The smallest absolute Gasteiger partial charge is 0.0415 e. The molecule has 0 aliphatic heterocycles. The van der Waals surface area contributed by atoms with E-state index in [4.69, 9.17) is 0 Å². The Balaban J connectivity index is 1.72. The Labute approximate surface area is 130 Å². The second kappa shape index (κ2) is 6.29. The van der Waals surface area contributed by atoms with Crippen molar-refractivity contribution in [2.75, 3.05) is 19.4 Å². The van der Waals surface area contributed by atoms with Crippen molar-refractivity contribution in [3.05, 3.63) is 65.0 Å². The first-order chi connectivity index (χ1) is 10.2. The molecule has 0 atom stereocenters. The lowest BCUT2D eigenvalue weighted by Gasteiger charge is -2.12. The summed E-state index contributed by atoms with van der Waals surface area (Å²) in [5.41, 5.74) is 3.89. The number of thiophene rings is 1. The molecular formula is C18H20N2S. The van der Waals surface area contributed by atoms with Gasteiger partial charge in [0.2, 0.25) is 0 Å². The van der Waals surface area contributed by atoms with Crippen LogP contribution in [0.1, 0.15) is 11.1 Å². The van der Waals surface area contributed by atoms with Gasteiger partial charge in [-0.2, -0.15) is 0 Å². The van der Waals surface area contributed by atoms with Gasteiger partial charge in [0.1, 0.15) is 0 Å². The minimum atomic E-state index is 0.870. The summed E-state index contributed by atoms with van der Waals surface area (Å²) in [5, 5.41) is 7.15. The van der Waals surface area contributed by atoms with Crippen molar-refractivity contribution in [2.24, 2.45) is 0 Å². The van der Waals surface area contributed by atoms with Crippen molar-refractivity contribution in [1.29, 1.82) is 0 Å². The van der Waals surface area contributed by atoms with E-state index in [2.05, 4.69) is 78.2 Å². The number of anilines is 1. The van der Waals surface area contributed by atoms with Crippen LogP contribution in [0.5, 0.6) is 0 Å². The molecule has 3 heteroatoms. The summed E-state index contributed by atoms with van der Waals surface area (Å²) in [4.78, 5) is 2.19. The van der Waals surface area contributed by atoms with Gasteiger partial charge in [0.05, 0.1) is 0 Å². The summed E-state index contributed by atoms with van der Waals surface area (Å²) in [6.07, 6.45) is 0. The largest absolute Gasteiger partial charge is 0.381 e. The van der Waals surface area contributed by atoms with Gasteiger partial charge in [-0.15, -0.1) is 11.3 Å². The minimum Gasteiger partial charge on any atom is -0.381 e. The molecule has 1 N–H and O–H groups in total. The molecule has 0 amide bonds. The summed E-state index contributed by atoms with van der Waals surface area (Å²) in [6, 6.07) is 17.2. The molecule has 0 saturated heterocycles. The van der Waals surface area contributed by atoms with E-state index < -0.39 is 0 Å². The number of fused-ring (bicyclic) bond motifs is 1. The molecule has 2 nitrogen and oxygen atoms in total. The van der Waals surface area contributed by atoms with Gasteiger partial charge >= 0.3 is 0 Å². The van der Waals surface area contributed by atoms with Gasteiger partial charge < -0.3 is 10.2 Å². The van der Waals surface area contributed by atoms with Crippen molar-refractivity contribution >= 4 is 27.1 Å². The van der Waals surface area contributed by atoms with Crippen LogP contribution < -0.4 is 5.32 Å². The Morgan fingerprint density at radius 1 is 1.05 bits per heavy atom. The lowest BCUT2D eigenvalue weighted by Crippen LogP contribution is -2.10. The van der Waals surface area contributed by atoms with E-state index in [1.54, 1.807) is 0 Å². The molecule has 0 fully saturated rings. The van der Waals surface area contributed by atoms with Crippen molar-refractivity contribution in [3.63, 3.8) is 0 Å². The molecule has 0 aliphatic rings. The SMILES string of the molecule is CN(C)Cc1cccc(NCc2csc3ccccc23)c1. The average molecular weight is 296 g/mol. The first-order valence-corrected chi connectivity index (χ1v) is 8.03. The molecule has 0 unspecified atom stereocenters. The molecule has 3 aromatic rings. The van der Waals surface area contributed by atoms with Crippen LogP contribution in [-0.4, -0.2) is 19.0 Å². The molecule has 0 radical (unpaired) electrons. The molecule has 3 rings (SSSR count). The van der Waals surface area contributed by atoms with Crippen LogP contribution in [0.15, 0.2) is 53.9 Å². The number of hydrogen-bond donors (Lipinski definition) is 1. The van der Waals surface area contributed by atoms with E-state index >= 15 is 0 Å². The summed E-state index contributed by atoms with van der Waals surface area (Å²) in [7, 11) is 4.19. The number of benzene rings is 2. The van der Waals surface area contributed by atoms with Crippen LogP contribution in [0.25, 0.3) is 10.1 Å². The molecule has 1 aromatic heterocycles. The first-order valence-electron chi connectivity index (χ1n) is 7.15. The zero-order chi connectivity index (χ0) is 14.7. The van der Waals surface area contributed by atoms with Gasteiger partial charge in [0, 0.05) is 23.5 Å².